The Bertz CT molecular complexity index is 363. The number of hydrogen-bond acceptors (Lipinski definition) is 4. The summed E-state index contributed by atoms with van der Waals surface area (Å²) < 4.78 is 0. The van der Waals surface area contributed by atoms with Crippen molar-refractivity contribution in [1.29, 1.82) is 0 Å². The fourth-order valence-electron chi connectivity index (χ4n) is 0.983. The number of thioether (sulfide) groups is 1. The van der Waals surface area contributed by atoms with Gasteiger partial charge in [0.1, 0.15) is 0 Å². The van der Waals surface area contributed by atoms with E-state index in [4.69, 9.17) is 5.11 Å². The van der Waals surface area contributed by atoms with E-state index >= 15 is 0 Å². The van der Waals surface area contributed by atoms with Gasteiger partial charge in [0.25, 0.3) is 0 Å². The minimum atomic E-state index is -0.0326. The summed E-state index contributed by atoms with van der Waals surface area (Å²) in [4.78, 5) is 14.5. The van der Waals surface area contributed by atoms with Crippen molar-refractivity contribution in [2.45, 2.75) is 12.7 Å². The Hall–Kier alpha value is -1.29. The van der Waals surface area contributed by atoms with E-state index in [-0.39, 0.29) is 11.0 Å². The molecule has 14 heavy (non-hydrogen) atoms. The van der Waals surface area contributed by atoms with Gasteiger partial charge in [-0.15, -0.1) is 0 Å². The molecule has 0 amide bonds. The van der Waals surface area contributed by atoms with Crippen LogP contribution in [0.3, 0.4) is 0 Å². The normalized spacial score (nSPS) is 9.79. The molecule has 0 saturated heterocycles. The zero-order valence-electron chi connectivity index (χ0n) is 7.86. The van der Waals surface area contributed by atoms with Gasteiger partial charge in [-0.25, -0.2) is 4.98 Å². The fraction of sp³-hybridized carbons (Fsp3) is 0.200. The van der Waals surface area contributed by atoms with Crippen LogP contribution in [0.4, 0.5) is 0 Å². The van der Waals surface area contributed by atoms with Crippen LogP contribution in [-0.2, 0) is 10.5 Å². The average Bonchev–Trinajstić information content (AvgIpc) is 2.15. The quantitative estimate of drug-likeness (QED) is 0.829. The van der Waals surface area contributed by atoms with Gasteiger partial charge in [0.2, 0.25) is 5.88 Å². The maximum absolute atomic E-state index is 10.8. The first-order valence-electron chi connectivity index (χ1n) is 4.07. The first kappa shape index (κ1) is 10.8. The molecule has 0 atom stereocenters. The van der Waals surface area contributed by atoms with Crippen molar-refractivity contribution >= 4 is 23.0 Å². The number of carbonyl (C=O) groups is 1. The molecular weight excluding hydrogens is 198 g/mol. The summed E-state index contributed by atoms with van der Waals surface area (Å²) in [6.07, 6.45) is 3.20. The van der Waals surface area contributed by atoms with Crippen molar-refractivity contribution in [1.82, 2.24) is 4.98 Å². The van der Waals surface area contributed by atoms with Gasteiger partial charge in [-0.2, -0.15) is 0 Å². The van der Waals surface area contributed by atoms with E-state index in [0.717, 1.165) is 11.1 Å². The smallest absolute Gasteiger partial charge is 0.211 e. The van der Waals surface area contributed by atoms with Crippen molar-refractivity contribution < 1.29 is 9.90 Å². The van der Waals surface area contributed by atoms with Crippen LogP contribution >= 0.6 is 11.8 Å². The topological polar surface area (TPSA) is 50.2 Å². The standard InChI is InChI=1S/C10H11NO2S/c1-3-8-5-11-10(13)4-9(8)6-14-7(2)12/h3-5H,1,6H2,2H3,(H,11,13). The first-order valence-corrected chi connectivity index (χ1v) is 5.05. The van der Waals surface area contributed by atoms with E-state index in [1.165, 1.54) is 18.7 Å². The second kappa shape index (κ2) is 4.81. The third-order valence-corrected chi connectivity index (χ3v) is 2.52. The van der Waals surface area contributed by atoms with Gasteiger partial charge in [0, 0.05) is 24.9 Å². The number of aromatic hydroxyl groups is 1. The minimum Gasteiger partial charge on any atom is -0.493 e. The van der Waals surface area contributed by atoms with E-state index in [1.54, 1.807) is 18.3 Å². The molecular formula is C10H11NO2S. The number of hydrogen-bond donors (Lipinski definition) is 1. The Balaban J connectivity index is 2.87. The van der Waals surface area contributed by atoms with Crippen LogP contribution in [0, 0.1) is 0 Å². The largest absolute Gasteiger partial charge is 0.493 e. The number of aromatic nitrogens is 1. The van der Waals surface area contributed by atoms with Crippen molar-refractivity contribution in [3.8, 4) is 5.88 Å². The molecule has 0 aliphatic carbocycles. The monoisotopic (exact) mass is 209 g/mol. The number of pyridine rings is 1. The Morgan fingerprint density at radius 1 is 1.79 bits per heavy atom. The first-order chi connectivity index (χ1) is 6.63. The van der Waals surface area contributed by atoms with Crippen LogP contribution in [0.5, 0.6) is 5.88 Å². The number of nitrogens with zero attached hydrogens (tertiary/aromatic N) is 1. The number of carbonyl (C=O) groups excluding carboxylic acids is 1. The molecule has 1 aromatic heterocycles. The Morgan fingerprint density at radius 3 is 3.07 bits per heavy atom. The Labute approximate surface area is 86.9 Å². The van der Waals surface area contributed by atoms with E-state index < -0.39 is 0 Å². The Kier molecular flexibility index (Phi) is 3.71. The van der Waals surface area contributed by atoms with Gasteiger partial charge in [0.15, 0.2) is 5.12 Å². The van der Waals surface area contributed by atoms with Gasteiger partial charge in [-0.3, -0.25) is 4.79 Å². The summed E-state index contributed by atoms with van der Waals surface area (Å²) in [5.41, 5.74) is 1.71. The van der Waals surface area contributed by atoms with E-state index in [9.17, 15) is 4.79 Å². The van der Waals surface area contributed by atoms with Crippen molar-refractivity contribution in [3.05, 3.63) is 30.0 Å². The van der Waals surface area contributed by atoms with Gasteiger partial charge < -0.3 is 5.11 Å². The molecule has 0 spiro atoms. The van der Waals surface area contributed by atoms with Gasteiger partial charge in [-0.1, -0.05) is 24.4 Å². The highest BCUT2D eigenvalue weighted by molar-refractivity contribution is 8.12. The summed E-state index contributed by atoms with van der Waals surface area (Å²) in [5, 5.41) is 9.21. The van der Waals surface area contributed by atoms with Crippen LogP contribution in [0.1, 0.15) is 18.1 Å². The van der Waals surface area contributed by atoms with Crippen molar-refractivity contribution in [2.75, 3.05) is 0 Å². The molecule has 0 saturated carbocycles. The molecule has 0 aliphatic rings. The third kappa shape index (κ3) is 2.88. The molecule has 3 nitrogen and oxygen atoms in total. The van der Waals surface area contributed by atoms with Gasteiger partial charge in [0.05, 0.1) is 0 Å². The average molecular weight is 209 g/mol. The predicted octanol–water partition coefficient (Wildman–Crippen LogP) is 2.21. The highest BCUT2D eigenvalue weighted by Crippen LogP contribution is 2.20. The molecule has 0 aromatic carbocycles. The lowest BCUT2D eigenvalue weighted by atomic mass is 10.1. The van der Waals surface area contributed by atoms with Crippen LogP contribution in [0.15, 0.2) is 18.8 Å². The highest BCUT2D eigenvalue weighted by Gasteiger charge is 2.03. The fourth-order valence-corrected chi connectivity index (χ4v) is 1.59. The summed E-state index contributed by atoms with van der Waals surface area (Å²) in [7, 11) is 0. The van der Waals surface area contributed by atoms with Crippen LogP contribution in [-0.4, -0.2) is 15.2 Å². The van der Waals surface area contributed by atoms with Crippen LogP contribution in [0.25, 0.3) is 6.08 Å². The van der Waals surface area contributed by atoms with E-state index in [0.29, 0.717) is 5.75 Å². The molecule has 4 heteroatoms. The van der Waals surface area contributed by atoms with Crippen molar-refractivity contribution in [2.24, 2.45) is 0 Å². The van der Waals surface area contributed by atoms with Gasteiger partial charge >= 0.3 is 0 Å². The zero-order valence-corrected chi connectivity index (χ0v) is 8.67. The molecule has 0 bridgehead atoms. The molecule has 1 aromatic rings. The summed E-state index contributed by atoms with van der Waals surface area (Å²) in [5.74, 6) is 0.502. The molecule has 0 fully saturated rings. The van der Waals surface area contributed by atoms with Crippen molar-refractivity contribution in [3.63, 3.8) is 0 Å². The van der Waals surface area contributed by atoms with E-state index in [2.05, 4.69) is 11.6 Å². The molecule has 74 valence electrons. The molecule has 0 aliphatic heterocycles. The van der Waals surface area contributed by atoms with Crippen LogP contribution < -0.4 is 0 Å². The second-order valence-corrected chi connectivity index (χ2v) is 3.88. The summed E-state index contributed by atoms with van der Waals surface area (Å²) in [6.45, 7) is 5.15. The second-order valence-electron chi connectivity index (χ2n) is 2.73. The molecule has 1 N–H and O–H groups in total. The van der Waals surface area contributed by atoms with Crippen LogP contribution in [0.2, 0.25) is 0 Å². The maximum Gasteiger partial charge on any atom is 0.211 e. The molecule has 1 rings (SSSR count). The highest BCUT2D eigenvalue weighted by atomic mass is 32.2. The third-order valence-electron chi connectivity index (χ3n) is 1.66. The minimum absolute atomic E-state index is 0.0326. The molecule has 0 radical (unpaired) electrons. The summed E-state index contributed by atoms with van der Waals surface area (Å²) in [6, 6.07) is 1.55. The zero-order chi connectivity index (χ0) is 10.6. The maximum atomic E-state index is 10.8. The SMILES string of the molecule is C=Cc1cnc(O)cc1CSC(C)=O. The Morgan fingerprint density at radius 2 is 2.50 bits per heavy atom. The lowest BCUT2D eigenvalue weighted by Crippen LogP contribution is -1.91. The van der Waals surface area contributed by atoms with E-state index in [1.807, 2.05) is 0 Å². The number of rotatable bonds is 3. The lowest BCUT2D eigenvalue weighted by molar-refractivity contribution is -0.109. The van der Waals surface area contributed by atoms with Gasteiger partial charge in [-0.05, 0) is 11.1 Å². The molecule has 0 unspecified atom stereocenters. The lowest BCUT2D eigenvalue weighted by Gasteiger charge is -2.03. The summed E-state index contributed by atoms with van der Waals surface area (Å²) >= 11 is 1.20. The molecule has 1 heterocycles. The predicted molar refractivity (Wildman–Crippen MR) is 58.0 cm³/mol.